The van der Waals surface area contributed by atoms with Crippen LogP contribution in [-0.4, -0.2) is 24.7 Å². The second kappa shape index (κ2) is 3.76. The number of fused-ring (bicyclic) bond motifs is 1. The molecule has 17 heavy (non-hydrogen) atoms. The lowest BCUT2D eigenvalue weighted by atomic mass is 9.83. The van der Waals surface area contributed by atoms with Crippen molar-refractivity contribution >= 4 is 11.7 Å². The van der Waals surface area contributed by atoms with Crippen LogP contribution in [0.5, 0.6) is 0 Å². The van der Waals surface area contributed by atoms with Crippen LogP contribution in [0.25, 0.3) is 0 Å². The van der Waals surface area contributed by atoms with Crippen LogP contribution in [-0.2, 0) is 10.2 Å². The molecule has 3 nitrogen and oxygen atoms in total. The van der Waals surface area contributed by atoms with Crippen LogP contribution in [0.1, 0.15) is 37.8 Å². The quantitative estimate of drug-likeness (QED) is 0.853. The molecule has 0 fully saturated rings. The van der Waals surface area contributed by atoms with E-state index in [4.69, 9.17) is 0 Å². The molecule has 0 radical (unpaired) electrons. The zero-order valence-corrected chi connectivity index (χ0v) is 10.8. The predicted molar refractivity (Wildman–Crippen MR) is 68.8 cm³/mol. The van der Waals surface area contributed by atoms with Crippen LogP contribution >= 0.6 is 0 Å². The molecule has 1 aromatic carbocycles. The van der Waals surface area contributed by atoms with Crippen LogP contribution < -0.4 is 4.90 Å². The SMILES string of the molecule is CC1CN(C)c2ccc(C(C)(C)C(=O)O)cc21. The van der Waals surface area contributed by atoms with Crippen molar-refractivity contribution in [2.45, 2.75) is 32.1 Å². The van der Waals surface area contributed by atoms with Crippen molar-refractivity contribution in [1.29, 1.82) is 0 Å². The van der Waals surface area contributed by atoms with Gasteiger partial charge in [0.15, 0.2) is 0 Å². The Balaban J connectivity index is 2.48. The van der Waals surface area contributed by atoms with Crippen molar-refractivity contribution in [3.05, 3.63) is 29.3 Å². The highest BCUT2D eigenvalue weighted by molar-refractivity contribution is 5.81. The van der Waals surface area contributed by atoms with Gasteiger partial charge in [-0.2, -0.15) is 0 Å². The van der Waals surface area contributed by atoms with Gasteiger partial charge in [-0.1, -0.05) is 19.1 Å². The first-order chi connectivity index (χ1) is 7.84. The van der Waals surface area contributed by atoms with Gasteiger partial charge in [0.2, 0.25) is 0 Å². The van der Waals surface area contributed by atoms with Crippen LogP contribution in [0.2, 0.25) is 0 Å². The summed E-state index contributed by atoms with van der Waals surface area (Å²) in [5.41, 5.74) is 2.54. The van der Waals surface area contributed by atoms with Gasteiger partial charge in [0.1, 0.15) is 0 Å². The maximum Gasteiger partial charge on any atom is 0.313 e. The number of hydrogen-bond donors (Lipinski definition) is 1. The van der Waals surface area contributed by atoms with Gasteiger partial charge < -0.3 is 10.0 Å². The molecule has 1 atom stereocenters. The van der Waals surface area contributed by atoms with E-state index in [1.54, 1.807) is 13.8 Å². The average molecular weight is 233 g/mol. The summed E-state index contributed by atoms with van der Waals surface area (Å²) in [7, 11) is 2.07. The number of carbonyl (C=O) groups is 1. The normalized spacial score (nSPS) is 19.3. The number of anilines is 1. The number of aliphatic carboxylic acids is 1. The highest BCUT2D eigenvalue weighted by atomic mass is 16.4. The van der Waals surface area contributed by atoms with Crippen LogP contribution in [0.4, 0.5) is 5.69 Å². The maximum atomic E-state index is 11.3. The van der Waals surface area contributed by atoms with E-state index < -0.39 is 11.4 Å². The molecular formula is C14H19NO2. The first-order valence-corrected chi connectivity index (χ1v) is 5.93. The highest BCUT2D eigenvalue weighted by Crippen LogP contribution is 2.37. The Morgan fingerprint density at radius 3 is 2.71 bits per heavy atom. The average Bonchev–Trinajstić information content (AvgIpc) is 2.54. The molecule has 1 N–H and O–H groups in total. The molecule has 0 aliphatic carbocycles. The smallest absolute Gasteiger partial charge is 0.313 e. The molecule has 0 aromatic heterocycles. The van der Waals surface area contributed by atoms with E-state index >= 15 is 0 Å². The fourth-order valence-corrected chi connectivity index (χ4v) is 2.42. The Bertz CT molecular complexity index is 465. The van der Waals surface area contributed by atoms with Gasteiger partial charge in [-0.05, 0) is 31.0 Å². The van der Waals surface area contributed by atoms with Gasteiger partial charge in [-0.3, -0.25) is 4.79 Å². The first-order valence-electron chi connectivity index (χ1n) is 5.93. The molecule has 1 unspecified atom stereocenters. The second-order valence-electron chi connectivity index (χ2n) is 5.49. The minimum absolute atomic E-state index is 0.472. The molecule has 92 valence electrons. The van der Waals surface area contributed by atoms with Gasteiger partial charge in [0, 0.05) is 25.2 Å². The monoisotopic (exact) mass is 233 g/mol. The summed E-state index contributed by atoms with van der Waals surface area (Å²) in [6.07, 6.45) is 0. The predicted octanol–water partition coefficient (Wildman–Crippen LogP) is 2.60. The zero-order chi connectivity index (χ0) is 12.8. The molecule has 0 saturated carbocycles. The van der Waals surface area contributed by atoms with Crippen LogP contribution in [0.3, 0.4) is 0 Å². The molecule has 1 aliphatic heterocycles. The van der Waals surface area contributed by atoms with E-state index in [0.717, 1.165) is 12.1 Å². The lowest BCUT2D eigenvalue weighted by Crippen LogP contribution is -2.28. The van der Waals surface area contributed by atoms with Crippen molar-refractivity contribution < 1.29 is 9.90 Å². The Hall–Kier alpha value is -1.51. The third-order valence-electron chi connectivity index (χ3n) is 3.77. The number of carboxylic acids is 1. The molecule has 1 aliphatic rings. The fraction of sp³-hybridized carbons (Fsp3) is 0.500. The lowest BCUT2D eigenvalue weighted by molar-refractivity contribution is -0.142. The summed E-state index contributed by atoms with van der Waals surface area (Å²) < 4.78 is 0. The minimum atomic E-state index is -0.824. The lowest BCUT2D eigenvalue weighted by Gasteiger charge is -2.21. The highest BCUT2D eigenvalue weighted by Gasteiger charge is 2.32. The van der Waals surface area contributed by atoms with E-state index in [1.165, 1.54) is 11.3 Å². The van der Waals surface area contributed by atoms with Crippen molar-refractivity contribution in [1.82, 2.24) is 0 Å². The largest absolute Gasteiger partial charge is 0.481 e. The summed E-state index contributed by atoms with van der Waals surface area (Å²) in [6.45, 7) is 6.69. The number of benzene rings is 1. The molecule has 0 saturated heterocycles. The summed E-state index contributed by atoms with van der Waals surface area (Å²) in [5, 5.41) is 9.25. The van der Waals surface area contributed by atoms with Gasteiger partial charge >= 0.3 is 5.97 Å². The van der Waals surface area contributed by atoms with Crippen LogP contribution in [0, 0.1) is 0 Å². The van der Waals surface area contributed by atoms with Crippen molar-refractivity contribution in [2.75, 3.05) is 18.5 Å². The van der Waals surface area contributed by atoms with Crippen molar-refractivity contribution in [2.24, 2.45) is 0 Å². The van der Waals surface area contributed by atoms with E-state index in [2.05, 4.69) is 24.9 Å². The molecule has 1 heterocycles. The standard InChI is InChI=1S/C14H19NO2/c1-9-8-15(4)12-6-5-10(7-11(9)12)14(2,3)13(16)17/h5-7,9H,8H2,1-4H3,(H,16,17). The Morgan fingerprint density at radius 2 is 2.12 bits per heavy atom. The van der Waals surface area contributed by atoms with Crippen LogP contribution in [0.15, 0.2) is 18.2 Å². The van der Waals surface area contributed by atoms with E-state index in [1.807, 2.05) is 12.1 Å². The molecular weight excluding hydrogens is 214 g/mol. The number of carboxylic acid groups (broad SMARTS) is 1. The Morgan fingerprint density at radius 1 is 1.47 bits per heavy atom. The molecule has 0 spiro atoms. The topological polar surface area (TPSA) is 40.5 Å². The molecule has 2 rings (SSSR count). The molecule has 3 heteroatoms. The first kappa shape index (κ1) is 12.0. The summed E-state index contributed by atoms with van der Waals surface area (Å²) in [4.78, 5) is 13.5. The van der Waals surface area contributed by atoms with Gasteiger partial charge in [-0.15, -0.1) is 0 Å². The van der Waals surface area contributed by atoms with Crippen molar-refractivity contribution in [3.63, 3.8) is 0 Å². The summed E-state index contributed by atoms with van der Waals surface area (Å²) >= 11 is 0. The molecule has 0 bridgehead atoms. The van der Waals surface area contributed by atoms with Gasteiger partial charge in [0.05, 0.1) is 5.41 Å². The third kappa shape index (κ3) is 1.79. The zero-order valence-electron chi connectivity index (χ0n) is 10.8. The van der Waals surface area contributed by atoms with Gasteiger partial charge in [0.25, 0.3) is 0 Å². The van der Waals surface area contributed by atoms with Gasteiger partial charge in [-0.25, -0.2) is 0 Å². The van der Waals surface area contributed by atoms with E-state index in [9.17, 15) is 9.90 Å². The second-order valence-corrected chi connectivity index (χ2v) is 5.49. The Labute approximate surface area is 102 Å². The Kier molecular flexibility index (Phi) is 2.64. The van der Waals surface area contributed by atoms with E-state index in [-0.39, 0.29) is 0 Å². The van der Waals surface area contributed by atoms with Crippen molar-refractivity contribution in [3.8, 4) is 0 Å². The fourth-order valence-electron chi connectivity index (χ4n) is 2.42. The number of likely N-dealkylation sites (N-methyl/N-ethyl adjacent to an activating group) is 1. The summed E-state index contributed by atoms with van der Waals surface area (Å²) in [5.74, 6) is -0.309. The maximum absolute atomic E-state index is 11.3. The number of rotatable bonds is 2. The number of nitrogens with zero attached hydrogens (tertiary/aromatic N) is 1. The molecule has 1 aromatic rings. The minimum Gasteiger partial charge on any atom is -0.481 e. The summed E-state index contributed by atoms with van der Waals surface area (Å²) in [6, 6.07) is 6.03. The molecule has 0 amide bonds. The number of hydrogen-bond acceptors (Lipinski definition) is 2. The third-order valence-corrected chi connectivity index (χ3v) is 3.77. The van der Waals surface area contributed by atoms with E-state index in [0.29, 0.717) is 5.92 Å².